The van der Waals surface area contributed by atoms with Crippen LogP contribution in [0.1, 0.15) is 11.4 Å². The van der Waals surface area contributed by atoms with Gasteiger partial charge in [-0.25, -0.2) is 4.98 Å². The Bertz CT molecular complexity index is 582. The van der Waals surface area contributed by atoms with Crippen LogP contribution in [0.2, 0.25) is 0 Å². The molecule has 0 unspecified atom stereocenters. The summed E-state index contributed by atoms with van der Waals surface area (Å²) in [5.74, 6) is 0.511. The maximum atomic E-state index is 11.3. The van der Waals surface area contributed by atoms with E-state index >= 15 is 0 Å². The molecule has 0 aromatic carbocycles. The third-order valence-corrected chi connectivity index (χ3v) is 2.92. The monoisotopic (exact) mass is 294 g/mol. The van der Waals surface area contributed by atoms with Crippen molar-refractivity contribution in [3.63, 3.8) is 0 Å². The largest absolute Gasteiger partial charge is 0.363 e. The molecule has 17 heavy (non-hydrogen) atoms. The van der Waals surface area contributed by atoms with E-state index in [0.717, 1.165) is 11.4 Å². The van der Waals surface area contributed by atoms with E-state index in [4.69, 9.17) is 0 Å². The first-order valence-electron chi connectivity index (χ1n) is 5.06. The lowest BCUT2D eigenvalue weighted by Crippen LogP contribution is -2.12. The Kier molecular flexibility index (Phi) is 3.53. The van der Waals surface area contributed by atoms with E-state index < -0.39 is 0 Å². The number of nitrogens with zero attached hydrogens (tertiary/aromatic N) is 2. The van der Waals surface area contributed by atoms with Crippen LogP contribution in [0.3, 0.4) is 0 Å². The standard InChI is InChI=1S/C11H11BrN4O/c1-7-3-2-4-8(16-7)5-13-10-9(12)11(17)15-6-14-10/h2-4,6H,5H2,1H3,(H2,13,14,15,17). The van der Waals surface area contributed by atoms with E-state index in [9.17, 15) is 4.79 Å². The third-order valence-electron chi connectivity index (χ3n) is 2.18. The summed E-state index contributed by atoms with van der Waals surface area (Å²) < 4.78 is 0.396. The van der Waals surface area contributed by atoms with Crippen LogP contribution < -0.4 is 10.9 Å². The van der Waals surface area contributed by atoms with E-state index in [1.54, 1.807) is 0 Å². The van der Waals surface area contributed by atoms with Crippen molar-refractivity contribution in [1.29, 1.82) is 0 Å². The number of pyridine rings is 1. The van der Waals surface area contributed by atoms with Crippen LogP contribution in [-0.2, 0) is 6.54 Å². The number of hydrogen-bond donors (Lipinski definition) is 2. The molecular formula is C11H11BrN4O. The average molecular weight is 295 g/mol. The summed E-state index contributed by atoms with van der Waals surface area (Å²) in [5.41, 5.74) is 1.65. The van der Waals surface area contributed by atoms with Crippen molar-refractivity contribution in [1.82, 2.24) is 15.0 Å². The van der Waals surface area contributed by atoms with Gasteiger partial charge in [-0.05, 0) is 35.0 Å². The van der Waals surface area contributed by atoms with Crippen molar-refractivity contribution in [2.45, 2.75) is 13.5 Å². The van der Waals surface area contributed by atoms with Gasteiger partial charge in [0.1, 0.15) is 10.3 Å². The summed E-state index contributed by atoms with van der Waals surface area (Å²) in [4.78, 5) is 22.2. The highest BCUT2D eigenvalue weighted by atomic mass is 79.9. The minimum atomic E-state index is -0.209. The molecule has 88 valence electrons. The fraction of sp³-hybridized carbons (Fsp3) is 0.182. The number of nitrogens with one attached hydrogen (secondary N) is 2. The van der Waals surface area contributed by atoms with Gasteiger partial charge >= 0.3 is 0 Å². The number of aromatic amines is 1. The highest BCUT2D eigenvalue weighted by molar-refractivity contribution is 9.10. The van der Waals surface area contributed by atoms with Gasteiger partial charge in [0.05, 0.1) is 18.6 Å². The molecule has 0 atom stereocenters. The Labute approximate surface area is 106 Å². The molecule has 2 aromatic heterocycles. The lowest BCUT2D eigenvalue weighted by atomic mass is 10.3. The summed E-state index contributed by atoms with van der Waals surface area (Å²) >= 11 is 3.18. The van der Waals surface area contributed by atoms with Gasteiger partial charge in [-0.15, -0.1) is 0 Å². The average Bonchev–Trinajstić information content (AvgIpc) is 2.31. The van der Waals surface area contributed by atoms with E-state index in [-0.39, 0.29) is 5.56 Å². The first-order valence-corrected chi connectivity index (χ1v) is 5.85. The number of H-pyrrole nitrogens is 1. The van der Waals surface area contributed by atoms with Crippen molar-refractivity contribution < 1.29 is 0 Å². The predicted molar refractivity (Wildman–Crippen MR) is 68.9 cm³/mol. The van der Waals surface area contributed by atoms with Gasteiger partial charge in [0.25, 0.3) is 5.56 Å². The number of rotatable bonds is 3. The molecule has 0 aliphatic carbocycles. The highest BCUT2D eigenvalue weighted by Crippen LogP contribution is 2.13. The van der Waals surface area contributed by atoms with Crippen molar-refractivity contribution >= 4 is 21.7 Å². The lowest BCUT2D eigenvalue weighted by molar-refractivity contribution is 0.988. The van der Waals surface area contributed by atoms with Gasteiger partial charge in [-0.3, -0.25) is 9.78 Å². The molecule has 0 bridgehead atoms. The second-order valence-electron chi connectivity index (χ2n) is 3.52. The normalized spacial score (nSPS) is 10.2. The van der Waals surface area contributed by atoms with Crippen LogP contribution in [0, 0.1) is 6.92 Å². The topological polar surface area (TPSA) is 70.7 Å². The minimum Gasteiger partial charge on any atom is -0.363 e. The molecule has 0 spiro atoms. The van der Waals surface area contributed by atoms with Crippen LogP contribution in [0.4, 0.5) is 5.82 Å². The van der Waals surface area contributed by atoms with Crippen LogP contribution in [0.15, 0.2) is 33.8 Å². The molecule has 0 aliphatic rings. The molecule has 2 heterocycles. The Morgan fingerprint density at radius 1 is 1.47 bits per heavy atom. The Hall–Kier alpha value is -1.69. The molecule has 2 rings (SSSR count). The molecule has 2 N–H and O–H groups in total. The Morgan fingerprint density at radius 2 is 2.29 bits per heavy atom. The Balaban J connectivity index is 2.13. The highest BCUT2D eigenvalue weighted by Gasteiger charge is 2.04. The fourth-order valence-corrected chi connectivity index (χ4v) is 1.74. The maximum Gasteiger partial charge on any atom is 0.267 e. The number of halogens is 1. The van der Waals surface area contributed by atoms with E-state index in [1.807, 2.05) is 25.1 Å². The van der Waals surface area contributed by atoms with Crippen molar-refractivity contribution in [2.75, 3.05) is 5.32 Å². The first-order chi connectivity index (χ1) is 8.16. The zero-order valence-corrected chi connectivity index (χ0v) is 10.8. The summed E-state index contributed by atoms with van der Waals surface area (Å²) in [6, 6.07) is 5.80. The summed E-state index contributed by atoms with van der Waals surface area (Å²) in [6.07, 6.45) is 1.36. The second-order valence-corrected chi connectivity index (χ2v) is 4.31. The molecule has 0 saturated carbocycles. The molecule has 2 aromatic rings. The smallest absolute Gasteiger partial charge is 0.267 e. The van der Waals surface area contributed by atoms with Gasteiger partial charge in [-0.1, -0.05) is 6.07 Å². The third kappa shape index (κ3) is 2.91. The number of aromatic nitrogens is 3. The minimum absolute atomic E-state index is 0.209. The van der Waals surface area contributed by atoms with Gasteiger partial charge in [-0.2, -0.15) is 0 Å². The van der Waals surface area contributed by atoms with E-state index in [1.165, 1.54) is 6.33 Å². The predicted octanol–water partition coefficient (Wildman–Crippen LogP) is 1.85. The fourth-order valence-electron chi connectivity index (χ4n) is 1.38. The lowest BCUT2D eigenvalue weighted by Gasteiger charge is -2.06. The van der Waals surface area contributed by atoms with Crippen LogP contribution >= 0.6 is 15.9 Å². The molecule has 6 heteroatoms. The van der Waals surface area contributed by atoms with Crippen molar-refractivity contribution in [2.24, 2.45) is 0 Å². The number of hydrogen-bond acceptors (Lipinski definition) is 4. The van der Waals surface area contributed by atoms with Crippen molar-refractivity contribution in [3.8, 4) is 0 Å². The van der Waals surface area contributed by atoms with Crippen LogP contribution in [-0.4, -0.2) is 15.0 Å². The van der Waals surface area contributed by atoms with E-state index in [2.05, 4.69) is 36.2 Å². The van der Waals surface area contributed by atoms with Crippen LogP contribution in [0.25, 0.3) is 0 Å². The molecule has 0 saturated heterocycles. The van der Waals surface area contributed by atoms with Crippen LogP contribution in [0.5, 0.6) is 0 Å². The number of aryl methyl sites for hydroxylation is 1. The SMILES string of the molecule is Cc1cccc(CNc2nc[nH]c(=O)c2Br)n1. The van der Waals surface area contributed by atoms with E-state index in [0.29, 0.717) is 16.8 Å². The molecule has 0 radical (unpaired) electrons. The summed E-state index contributed by atoms with van der Waals surface area (Å²) in [5, 5.41) is 3.06. The quantitative estimate of drug-likeness (QED) is 0.906. The molecule has 0 aliphatic heterocycles. The first kappa shape index (κ1) is 11.8. The summed E-state index contributed by atoms with van der Waals surface area (Å²) in [7, 11) is 0. The van der Waals surface area contributed by atoms with Gasteiger partial charge in [0.2, 0.25) is 0 Å². The maximum absolute atomic E-state index is 11.3. The molecule has 5 nitrogen and oxygen atoms in total. The van der Waals surface area contributed by atoms with Gasteiger partial charge < -0.3 is 10.3 Å². The molecule has 0 amide bonds. The summed E-state index contributed by atoms with van der Waals surface area (Å²) in [6.45, 7) is 2.46. The zero-order valence-electron chi connectivity index (χ0n) is 9.20. The van der Waals surface area contributed by atoms with Gasteiger partial charge in [0.15, 0.2) is 0 Å². The number of anilines is 1. The zero-order chi connectivity index (χ0) is 12.3. The second kappa shape index (κ2) is 5.09. The molecular weight excluding hydrogens is 284 g/mol. The van der Waals surface area contributed by atoms with Crippen molar-refractivity contribution in [3.05, 3.63) is 50.7 Å². The Morgan fingerprint density at radius 3 is 3.06 bits per heavy atom. The molecule has 0 fully saturated rings. The van der Waals surface area contributed by atoms with Gasteiger partial charge in [0, 0.05) is 5.69 Å².